The van der Waals surface area contributed by atoms with Gasteiger partial charge in [-0.15, -0.1) is 0 Å². The van der Waals surface area contributed by atoms with Gasteiger partial charge in [-0.25, -0.2) is 9.37 Å². The first-order chi connectivity index (χ1) is 13.7. The lowest BCUT2D eigenvalue weighted by atomic mass is 9.95. The van der Waals surface area contributed by atoms with E-state index in [4.69, 9.17) is 0 Å². The number of amides is 1. The molecular weight excluding hydrogens is 359 g/mol. The Kier molecular flexibility index (Phi) is 7.45. The largest absolute Gasteiger partial charge is 0.356 e. The predicted molar refractivity (Wildman–Crippen MR) is 109 cm³/mol. The molecule has 0 bridgehead atoms. The van der Waals surface area contributed by atoms with Gasteiger partial charge in [-0.05, 0) is 31.4 Å². The molecule has 1 unspecified atom stereocenters. The molecule has 1 aliphatic heterocycles. The highest BCUT2D eigenvalue weighted by atomic mass is 19.1. The number of anilines is 1. The summed E-state index contributed by atoms with van der Waals surface area (Å²) < 4.78 is 13.9. The Morgan fingerprint density at radius 1 is 1.25 bits per heavy atom. The van der Waals surface area contributed by atoms with Gasteiger partial charge in [-0.1, -0.05) is 19.3 Å². The van der Waals surface area contributed by atoms with Gasteiger partial charge in [0.1, 0.15) is 0 Å². The third kappa shape index (κ3) is 5.81. The maximum absolute atomic E-state index is 13.9. The van der Waals surface area contributed by atoms with Crippen molar-refractivity contribution in [1.29, 1.82) is 0 Å². The Balaban J connectivity index is 1.38. The number of guanidine groups is 1. The minimum atomic E-state index is -0.297. The molecule has 7 nitrogen and oxygen atoms in total. The van der Waals surface area contributed by atoms with Crippen LogP contribution >= 0.6 is 0 Å². The van der Waals surface area contributed by atoms with Crippen LogP contribution in [-0.2, 0) is 4.79 Å². The van der Waals surface area contributed by atoms with Gasteiger partial charge in [-0.2, -0.15) is 0 Å². The molecule has 154 valence electrons. The number of nitrogens with one attached hydrogen (secondary N) is 3. The number of pyridine rings is 1. The van der Waals surface area contributed by atoms with E-state index in [9.17, 15) is 9.18 Å². The summed E-state index contributed by atoms with van der Waals surface area (Å²) in [4.78, 5) is 22.4. The third-order valence-electron chi connectivity index (χ3n) is 5.41. The highest BCUT2D eigenvalue weighted by molar-refractivity contribution is 5.81. The summed E-state index contributed by atoms with van der Waals surface area (Å²) in [5.41, 5.74) is 0. The van der Waals surface area contributed by atoms with Gasteiger partial charge in [-0.3, -0.25) is 9.79 Å². The van der Waals surface area contributed by atoms with Crippen molar-refractivity contribution in [2.45, 2.75) is 57.0 Å². The number of halogens is 1. The first kappa shape index (κ1) is 20.4. The van der Waals surface area contributed by atoms with Crippen molar-refractivity contribution in [3.05, 3.63) is 24.1 Å². The molecular formula is C20H31FN6O. The summed E-state index contributed by atoms with van der Waals surface area (Å²) in [6, 6.07) is 3.53. The number of aliphatic imine (C=N–C) groups is 1. The normalized spacial score (nSPS) is 20.9. The average molecular weight is 391 g/mol. The maximum atomic E-state index is 13.9. The van der Waals surface area contributed by atoms with E-state index >= 15 is 0 Å². The first-order valence-electron chi connectivity index (χ1n) is 10.3. The fourth-order valence-electron chi connectivity index (χ4n) is 3.91. The molecule has 0 aromatic carbocycles. The Morgan fingerprint density at radius 2 is 2.07 bits per heavy atom. The van der Waals surface area contributed by atoms with E-state index in [2.05, 4.69) is 25.9 Å². The molecule has 1 saturated heterocycles. The number of carbonyl (C=O) groups excluding carboxylic acids is 1. The van der Waals surface area contributed by atoms with Crippen molar-refractivity contribution >= 4 is 17.7 Å². The van der Waals surface area contributed by atoms with Gasteiger partial charge < -0.3 is 20.9 Å². The van der Waals surface area contributed by atoms with Crippen LogP contribution in [0.25, 0.3) is 0 Å². The van der Waals surface area contributed by atoms with Crippen molar-refractivity contribution in [3.8, 4) is 0 Å². The fourth-order valence-corrected chi connectivity index (χ4v) is 3.91. The summed E-state index contributed by atoms with van der Waals surface area (Å²) in [6.07, 6.45) is 8.79. The lowest BCUT2D eigenvalue weighted by Crippen LogP contribution is -2.46. The summed E-state index contributed by atoms with van der Waals surface area (Å²) in [5.74, 6) is 0.857. The Morgan fingerprint density at radius 3 is 2.82 bits per heavy atom. The minimum absolute atomic E-state index is 0.0903. The topological polar surface area (TPSA) is 81.6 Å². The van der Waals surface area contributed by atoms with Crippen molar-refractivity contribution in [1.82, 2.24) is 20.9 Å². The zero-order valence-corrected chi connectivity index (χ0v) is 16.6. The summed E-state index contributed by atoms with van der Waals surface area (Å²) in [7, 11) is 1.71. The molecule has 1 aliphatic carbocycles. The molecule has 28 heavy (non-hydrogen) atoms. The Bertz CT molecular complexity index is 676. The summed E-state index contributed by atoms with van der Waals surface area (Å²) >= 11 is 0. The molecule has 1 aromatic heterocycles. The summed E-state index contributed by atoms with van der Waals surface area (Å²) in [6.45, 7) is 1.94. The van der Waals surface area contributed by atoms with Crippen LogP contribution in [0, 0.1) is 5.82 Å². The van der Waals surface area contributed by atoms with E-state index < -0.39 is 0 Å². The molecule has 2 aliphatic rings. The van der Waals surface area contributed by atoms with Crippen LogP contribution in [0.5, 0.6) is 0 Å². The zero-order valence-electron chi connectivity index (χ0n) is 16.6. The second kappa shape index (κ2) is 10.2. The molecule has 1 atom stereocenters. The SMILES string of the molecule is CN=C(NCCC(=O)NC1CCCCC1)NC1CCN(c2ncccc2F)C1. The molecule has 8 heteroatoms. The van der Waals surface area contributed by atoms with E-state index in [0.717, 1.165) is 25.8 Å². The van der Waals surface area contributed by atoms with Crippen LogP contribution in [0.4, 0.5) is 10.2 Å². The summed E-state index contributed by atoms with van der Waals surface area (Å²) in [5, 5.41) is 9.68. The minimum Gasteiger partial charge on any atom is -0.356 e. The molecule has 3 N–H and O–H groups in total. The lowest BCUT2D eigenvalue weighted by molar-refractivity contribution is -0.121. The highest BCUT2D eigenvalue weighted by Gasteiger charge is 2.26. The van der Waals surface area contributed by atoms with E-state index in [0.29, 0.717) is 37.3 Å². The predicted octanol–water partition coefficient (Wildman–Crippen LogP) is 1.80. The molecule has 0 spiro atoms. The van der Waals surface area contributed by atoms with Gasteiger partial charge in [0.05, 0.1) is 0 Å². The smallest absolute Gasteiger partial charge is 0.221 e. The maximum Gasteiger partial charge on any atom is 0.221 e. The van der Waals surface area contributed by atoms with Crippen molar-refractivity contribution in [3.63, 3.8) is 0 Å². The average Bonchev–Trinajstić information content (AvgIpc) is 3.16. The van der Waals surface area contributed by atoms with Crippen LogP contribution < -0.4 is 20.9 Å². The molecule has 3 rings (SSSR count). The van der Waals surface area contributed by atoms with Crippen molar-refractivity contribution in [2.24, 2.45) is 4.99 Å². The number of hydrogen-bond donors (Lipinski definition) is 3. The number of rotatable bonds is 6. The number of hydrogen-bond acceptors (Lipinski definition) is 4. The van der Waals surface area contributed by atoms with E-state index in [1.54, 1.807) is 19.3 Å². The van der Waals surface area contributed by atoms with Crippen LogP contribution in [0.1, 0.15) is 44.9 Å². The van der Waals surface area contributed by atoms with Gasteiger partial charge >= 0.3 is 0 Å². The second-order valence-corrected chi connectivity index (χ2v) is 7.54. The van der Waals surface area contributed by atoms with Gasteiger partial charge in [0, 0.05) is 51.4 Å². The number of aromatic nitrogens is 1. The zero-order chi connectivity index (χ0) is 19.8. The molecule has 1 saturated carbocycles. The van der Waals surface area contributed by atoms with Gasteiger partial charge in [0.2, 0.25) is 5.91 Å². The van der Waals surface area contributed by atoms with Crippen molar-refractivity contribution < 1.29 is 9.18 Å². The monoisotopic (exact) mass is 390 g/mol. The number of carbonyl (C=O) groups is 1. The van der Waals surface area contributed by atoms with E-state index in [1.807, 2.05) is 4.90 Å². The molecule has 2 heterocycles. The molecule has 1 amide bonds. The number of nitrogens with zero attached hydrogens (tertiary/aromatic N) is 3. The van der Waals surface area contributed by atoms with E-state index in [-0.39, 0.29) is 17.8 Å². The lowest BCUT2D eigenvalue weighted by Gasteiger charge is -2.23. The third-order valence-corrected chi connectivity index (χ3v) is 5.41. The van der Waals surface area contributed by atoms with Crippen LogP contribution in [-0.4, -0.2) is 55.6 Å². The van der Waals surface area contributed by atoms with Crippen LogP contribution in [0.15, 0.2) is 23.3 Å². The first-order valence-corrected chi connectivity index (χ1v) is 10.3. The van der Waals surface area contributed by atoms with Gasteiger partial charge in [0.25, 0.3) is 0 Å². The second-order valence-electron chi connectivity index (χ2n) is 7.54. The highest BCUT2D eigenvalue weighted by Crippen LogP contribution is 2.20. The van der Waals surface area contributed by atoms with Gasteiger partial charge in [0.15, 0.2) is 17.6 Å². The molecule has 0 radical (unpaired) electrons. The quantitative estimate of drug-likeness (QED) is 0.510. The Hall–Kier alpha value is -2.38. The van der Waals surface area contributed by atoms with Crippen LogP contribution in [0.3, 0.4) is 0 Å². The van der Waals surface area contributed by atoms with E-state index in [1.165, 1.54) is 25.3 Å². The van der Waals surface area contributed by atoms with Crippen LogP contribution in [0.2, 0.25) is 0 Å². The molecule has 1 aromatic rings. The standard InChI is InChI=1S/C20H31FN6O/c1-22-20(24-12-9-18(28)25-15-6-3-2-4-7-15)26-16-10-13-27(14-16)19-17(21)8-5-11-23-19/h5,8,11,15-16H,2-4,6-7,9-10,12-14H2,1H3,(H,25,28)(H2,22,24,26). The van der Waals surface area contributed by atoms with Crippen molar-refractivity contribution in [2.75, 3.05) is 31.6 Å². The Labute approximate surface area is 166 Å². The molecule has 2 fully saturated rings. The fraction of sp³-hybridized carbons (Fsp3) is 0.650.